The van der Waals surface area contributed by atoms with E-state index in [1.54, 1.807) is 11.3 Å². The second-order valence-corrected chi connectivity index (χ2v) is 7.98. The van der Waals surface area contributed by atoms with Gasteiger partial charge in [0, 0.05) is 23.2 Å². The maximum absolute atomic E-state index is 6.30. The van der Waals surface area contributed by atoms with Gasteiger partial charge in [0.1, 0.15) is 10.6 Å². The van der Waals surface area contributed by atoms with Gasteiger partial charge in [-0.05, 0) is 60.7 Å². The molecular formula is C23H22ClN3S. The Morgan fingerprint density at radius 1 is 1.04 bits per heavy atom. The first-order valence-electron chi connectivity index (χ1n) is 9.49. The van der Waals surface area contributed by atoms with Gasteiger partial charge in [-0.3, -0.25) is 0 Å². The van der Waals surface area contributed by atoms with Crippen LogP contribution < -0.4 is 4.90 Å². The minimum absolute atomic E-state index is 0.281. The number of hydrogen-bond acceptors (Lipinski definition) is 4. The number of nitrogens with zero attached hydrogens (tertiary/aromatic N) is 3. The van der Waals surface area contributed by atoms with E-state index in [1.165, 1.54) is 16.7 Å². The minimum Gasteiger partial charge on any atom is -0.326 e. The van der Waals surface area contributed by atoms with E-state index in [0.717, 1.165) is 40.3 Å². The van der Waals surface area contributed by atoms with Crippen LogP contribution in [0.4, 0.5) is 11.5 Å². The van der Waals surface area contributed by atoms with Gasteiger partial charge >= 0.3 is 0 Å². The molecular weight excluding hydrogens is 386 g/mol. The molecule has 0 radical (unpaired) electrons. The van der Waals surface area contributed by atoms with Crippen LogP contribution in [0.2, 0.25) is 5.28 Å². The molecule has 4 rings (SSSR count). The molecule has 0 aliphatic carbocycles. The number of fused-ring (bicyclic) bond motifs is 1. The maximum Gasteiger partial charge on any atom is 0.225 e. The van der Waals surface area contributed by atoms with Crippen molar-refractivity contribution in [2.75, 3.05) is 11.4 Å². The summed E-state index contributed by atoms with van der Waals surface area (Å²) in [5.41, 5.74) is 5.99. The molecule has 0 saturated heterocycles. The van der Waals surface area contributed by atoms with Crippen LogP contribution in [0, 0.1) is 6.92 Å². The monoisotopic (exact) mass is 407 g/mol. The van der Waals surface area contributed by atoms with Crippen LogP contribution in [0.25, 0.3) is 21.3 Å². The first-order valence-corrected chi connectivity index (χ1v) is 10.7. The predicted molar refractivity (Wildman–Crippen MR) is 121 cm³/mol. The zero-order chi connectivity index (χ0) is 19.7. The number of rotatable bonds is 5. The molecule has 0 saturated carbocycles. The van der Waals surface area contributed by atoms with Crippen LogP contribution in [0.5, 0.6) is 0 Å². The molecule has 0 atom stereocenters. The van der Waals surface area contributed by atoms with E-state index in [4.69, 9.17) is 11.6 Å². The maximum atomic E-state index is 6.30. The summed E-state index contributed by atoms with van der Waals surface area (Å²) in [5.74, 6) is 0.860. The average molecular weight is 408 g/mol. The fraction of sp³-hybridized carbons (Fsp3) is 0.217. The van der Waals surface area contributed by atoms with Gasteiger partial charge in [-0.1, -0.05) is 43.3 Å². The zero-order valence-electron chi connectivity index (χ0n) is 16.2. The van der Waals surface area contributed by atoms with E-state index in [1.807, 2.05) is 0 Å². The summed E-state index contributed by atoms with van der Waals surface area (Å²) < 4.78 is 0. The lowest BCUT2D eigenvalue weighted by Gasteiger charge is -2.24. The number of aromatic nitrogens is 2. The van der Waals surface area contributed by atoms with Crippen molar-refractivity contribution < 1.29 is 0 Å². The Hall–Kier alpha value is -2.43. The quantitative estimate of drug-likeness (QED) is 0.332. The van der Waals surface area contributed by atoms with Crippen LogP contribution in [-0.4, -0.2) is 16.5 Å². The second kappa shape index (κ2) is 7.90. The number of hydrogen-bond donors (Lipinski definition) is 0. The largest absolute Gasteiger partial charge is 0.326 e. The predicted octanol–water partition coefficient (Wildman–Crippen LogP) is 7.04. The van der Waals surface area contributed by atoms with Crippen molar-refractivity contribution in [3.8, 4) is 11.1 Å². The molecule has 5 heteroatoms. The van der Waals surface area contributed by atoms with E-state index < -0.39 is 0 Å². The van der Waals surface area contributed by atoms with E-state index in [0.29, 0.717) is 0 Å². The highest BCUT2D eigenvalue weighted by atomic mass is 35.5. The third-order valence-corrected chi connectivity index (χ3v) is 5.99. The average Bonchev–Trinajstić information content (AvgIpc) is 3.12. The minimum atomic E-state index is 0.281. The molecule has 2 aromatic carbocycles. The first kappa shape index (κ1) is 18.9. The molecule has 2 aromatic heterocycles. The third kappa shape index (κ3) is 3.50. The van der Waals surface area contributed by atoms with Gasteiger partial charge < -0.3 is 4.90 Å². The Balaban J connectivity index is 1.93. The molecule has 0 N–H and O–H groups in total. The van der Waals surface area contributed by atoms with Gasteiger partial charge in [0.25, 0.3) is 0 Å². The van der Waals surface area contributed by atoms with Gasteiger partial charge in [0.05, 0.1) is 5.39 Å². The molecule has 0 aliphatic rings. The Morgan fingerprint density at radius 2 is 1.82 bits per heavy atom. The number of halogens is 1. The molecule has 0 spiro atoms. The molecule has 3 nitrogen and oxygen atoms in total. The fourth-order valence-electron chi connectivity index (χ4n) is 3.48. The van der Waals surface area contributed by atoms with Crippen molar-refractivity contribution in [2.45, 2.75) is 27.2 Å². The first-order chi connectivity index (χ1) is 13.6. The normalized spacial score (nSPS) is 11.1. The van der Waals surface area contributed by atoms with Gasteiger partial charge in [-0.15, -0.1) is 11.3 Å². The fourth-order valence-corrected chi connectivity index (χ4v) is 4.63. The van der Waals surface area contributed by atoms with Crippen molar-refractivity contribution in [1.29, 1.82) is 0 Å². The van der Waals surface area contributed by atoms with Crippen molar-refractivity contribution in [2.24, 2.45) is 0 Å². The summed E-state index contributed by atoms with van der Waals surface area (Å²) in [4.78, 5) is 12.3. The topological polar surface area (TPSA) is 29.0 Å². The second-order valence-electron chi connectivity index (χ2n) is 6.78. The van der Waals surface area contributed by atoms with Crippen LogP contribution in [0.3, 0.4) is 0 Å². The summed E-state index contributed by atoms with van der Waals surface area (Å²) in [6.45, 7) is 7.19. The molecule has 28 heavy (non-hydrogen) atoms. The molecule has 2 heterocycles. The van der Waals surface area contributed by atoms with Crippen molar-refractivity contribution in [3.05, 3.63) is 70.3 Å². The van der Waals surface area contributed by atoms with Crippen LogP contribution in [0.15, 0.2) is 53.9 Å². The number of benzene rings is 2. The van der Waals surface area contributed by atoms with E-state index in [-0.39, 0.29) is 5.28 Å². The molecule has 0 amide bonds. The van der Waals surface area contributed by atoms with Crippen molar-refractivity contribution >= 4 is 44.7 Å². The SMILES string of the molecule is CCc1ccc(-c2csc3nc(Cl)nc(N(CC)c4cccc(C)c4)c23)cc1. The van der Waals surface area contributed by atoms with E-state index in [2.05, 4.69) is 89.6 Å². The Labute approximate surface area is 174 Å². The zero-order valence-corrected chi connectivity index (χ0v) is 17.8. The number of anilines is 2. The Bertz CT molecular complexity index is 1120. The van der Waals surface area contributed by atoms with Crippen LogP contribution >= 0.6 is 22.9 Å². The molecule has 4 aromatic rings. The van der Waals surface area contributed by atoms with Crippen LogP contribution in [0.1, 0.15) is 25.0 Å². The number of aryl methyl sites for hydroxylation is 2. The third-order valence-electron chi connectivity index (χ3n) is 4.95. The lowest BCUT2D eigenvalue weighted by Crippen LogP contribution is -2.18. The highest BCUT2D eigenvalue weighted by Crippen LogP contribution is 2.41. The number of thiophene rings is 1. The highest BCUT2D eigenvalue weighted by Gasteiger charge is 2.20. The highest BCUT2D eigenvalue weighted by molar-refractivity contribution is 7.17. The summed E-state index contributed by atoms with van der Waals surface area (Å²) in [5, 5.41) is 3.50. The van der Waals surface area contributed by atoms with E-state index >= 15 is 0 Å². The van der Waals surface area contributed by atoms with Gasteiger partial charge in [0.2, 0.25) is 5.28 Å². The molecule has 0 bridgehead atoms. The van der Waals surface area contributed by atoms with Crippen molar-refractivity contribution in [3.63, 3.8) is 0 Å². The summed E-state index contributed by atoms with van der Waals surface area (Å²) in [6.07, 6.45) is 1.03. The standard InChI is InChI=1S/C23H22ClN3S/c1-4-16-9-11-17(12-10-16)19-14-28-22-20(19)21(25-23(24)26-22)27(5-2)18-8-6-7-15(3)13-18/h6-14H,4-5H2,1-3H3. The summed E-state index contributed by atoms with van der Waals surface area (Å²) >= 11 is 7.91. The molecule has 0 unspecified atom stereocenters. The van der Waals surface area contributed by atoms with Gasteiger partial charge in [-0.25, -0.2) is 4.98 Å². The van der Waals surface area contributed by atoms with Crippen LogP contribution in [-0.2, 0) is 6.42 Å². The summed E-state index contributed by atoms with van der Waals surface area (Å²) in [6, 6.07) is 17.2. The smallest absolute Gasteiger partial charge is 0.225 e. The Kier molecular flexibility index (Phi) is 5.33. The molecule has 0 fully saturated rings. The summed E-state index contributed by atoms with van der Waals surface area (Å²) in [7, 11) is 0. The lowest BCUT2D eigenvalue weighted by atomic mass is 10.0. The van der Waals surface area contributed by atoms with Crippen molar-refractivity contribution in [1.82, 2.24) is 9.97 Å². The molecule has 142 valence electrons. The Morgan fingerprint density at radius 3 is 2.50 bits per heavy atom. The van der Waals surface area contributed by atoms with Gasteiger partial charge in [-0.2, -0.15) is 4.98 Å². The molecule has 0 aliphatic heterocycles. The van der Waals surface area contributed by atoms with Gasteiger partial charge in [0.15, 0.2) is 0 Å². The lowest BCUT2D eigenvalue weighted by molar-refractivity contribution is 0.990. The van der Waals surface area contributed by atoms with E-state index in [9.17, 15) is 0 Å².